The fourth-order valence-electron chi connectivity index (χ4n) is 3.10. The van der Waals surface area contributed by atoms with E-state index in [-0.39, 0.29) is 29.1 Å². The molecule has 0 aromatic rings. The fraction of sp³-hybridized carbons (Fsp3) is 0.800. The van der Waals surface area contributed by atoms with Crippen molar-refractivity contribution in [3.05, 3.63) is 0 Å². The number of unbranched alkanes of at least 4 members (excludes halogenated alkanes) is 3. The summed E-state index contributed by atoms with van der Waals surface area (Å²) in [5, 5.41) is 11.4. The number of fused-ring (bicyclic) bond motifs is 1. The number of carboxylic acids is 1. The topological polar surface area (TPSA) is 86.7 Å². The number of amides is 2. The van der Waals surface area contributed by atoms with Crippen molar-refractivity contribution >= 4 is 29.5 Å². The van der Waals surface area contributed by atoms with E-state index in [1.807, 2.05) is 6.92 Å². The first-order chi connectivity index (χ1) is 10.4. The van der Waals surface area contributed by atoms with E-state index in [9.17, 15) is 14.4 Å². The van der Waals surface area contributed by atoms with Gasteiger partial charge < -0.3 is 15.3 Å². The number of thioether (sulfide) groups is 1. The minimum absolute atomic E-state index is 0.0583. The number of hydrogen-bond acceptors (Lipinski definition) is 4. The summed E-state index contributed by atoms with van der Waals surface area (Å²) in [6.07, 6.45) is 4.87. The smallest absolute Gasteiger partial charge is 0.303 e. The predicted octanol–water partition coefficient (Wildman–Crippen LogP) is 1.59. The molecule has 2 rings (SSSR count). The van der Waals surface area contributed by atoms with E-state index in [4.69, 9.17) is 5.11 Å². The highest BCUT2D eigenvalue weighted by Gasteiger charge is 2.52. The van der Waals surface area contributed by atoms with Gasteiger partial charge in [-0.3, -0.25) is 14.4 Å². The third-order valence-electron chi connectivity index (χ3n) is 4.36. The maximum atomic E-state index is 12.3. The highest BCUT2D eigenvalue weighted by Crippen LogP contribution is 2.47. The van der Waals surface area contributed by atoms with Gasteiger partial charge in [-0.15, -0.1) is 11.8 Å². The molecule has 0 aromatic carbocycles. The van der Waals surface area contributed by atoms with E-state index in [1.54, 1.807) is 16.7 Å². The molecule has 0 aromatic heterocycles. The van der Waals surface area contributed by atoms with Crippen LogP contribution in [0.4, 0.5) is 0 Å². The predicted molar refractivity (Wildman–Crippen MR) is 84.5 cm³/mol. The van der Waals surface area contributed by atoms with Crippen LogP contribution in [0.1, 0.15) is 51.9 Å². The monoisotopic (exact) mass is 328 g/mol. The van der Waals surface area contributed by atoms with Crippen molar-refractivity contribution in [2.24, 2.45) is 0 Å². The summed E-state index contributed by atoms with van der Waals surface area (Å²) in [6, 6.07) is -0.336. The van der Waals surface area contributed by atoms with Crippen LogP contribution in [0.25, 0.3) is 0 Å². The summed E-state index contributed by atoms with van der Waals surface area (Å²) in [5.74, 6) is -0.0594. The Kier molecular flexibility index (Phi) is 5.72. The fourth-order valence-corrected chi connectivity index (χ4v) is 4.53. The zero-order chi connectivity index (χ0) is 16.2. The molecule has 0 spiro atoms. The molecule has 0 saturated carbocycles. The van der Waals surface area contributed by atoms with Crippen LogP contribution in [0.3, 0.4) is 0 Å². The quantitative estimate of drug-likeness (QED) is 0.661. The van der Waals surface area contributed by atoms with Crippen LogP contribution in [0.2, 0.25) is 0 Å². The third kappa shape index (κ3) is 3.94. The van der Waals surface area contributed by atoms with Gasteiger partial charge in [0.05, 0.1) is 4.87 Å². The van der Waals surface area contributed by atoms with Crippen molar-refractivity contribution in [2.75, 3.05) is 12.3 Å². The number of nitrogens with zero attached hydrogens (tertiary/aromatic N) is 1. The van der Waals surface area contributed by atoms with E-state index in [1.165, 1.54) is 0 Å². The van der Waals surface area contributed by atoms with Gasteiger partial charge in [0.1, 0.15) is 6.04 Å². The molecule has 0 radical (unpaired) electrons. The van der Waals surface area contributed by atoms with Gasteiger partial charge >= 0.3 is 5.97 Å². The van der Waals surface area contributed by atoms with Crippen LogP contribution < -0.4 is 5.32 Å². The summed E-state index contributed by atoms with van der Waals surface area (Å²) in [5.41, 5.74) is 0. The largest absolute Gasteiger partial charge is 0.481 e. The van der Waals surface area contributed by atoms with Crippen LogP contribution in [0.5, 0.6) is 0 Å². The minimum Gasteiger partial charge on any atom is -0.481 e. The lowest BCUT2D eigenvalue weighted by molar-refractivity contribution is -0.138. The second-order valence-electron chi connectivity index (χ2n) is 6.11. The lowest BCUT2D eigenvalue weighted by atomic mass is 10.1. The molecule has 2 heterocycles. The van der Waals surface area contributed by atoms with E-state index < -0.39 is 5.97 Å². The van der Waals surface area contributed by atoms with Crippen LogP contribution in [0, 0.1) is 0 Å². The molecule has 124 valence electrons. The normalized spacial score (nSPS) is 27.0. The standard InChI is InChI=1S/C15H24N2O4S/c1-15-8-7-12(18)17(15)11(10-22-15)14(21)16-9-5-3-2-4-6-13(19)20/h11H,2-10H2,1H3,(H,16,21)(H,19,20). The molecule has 2 amide bonds. The van der Waals surface area contributed by atoms with E-state index in [0.29, 0.717) is 25.1 Å². The zero-order valence-electron chi connectivity index (χ0n) is 13.0. The van der Waals surface area contributed by atoms with Gasteiger partial charge in [-0.1, -0.05) is 12.8 Å². The van der Waals surface area contributed by atoms with E-state index >= 15 is 0 Å². The Bertz CT molecular complexity index is 457. The van der Waals surface area contributed by atoms with Crippen LogP contribution in [-0.4, -0.2) is 51.0 Å². The molecular weight excluding hydrogens is 304 g/mol. The van der Waals surface area contributed by atoms with E-state index in [2.05, 4.69) is 5.32 Å². The molecule has 2 saturated heterocycles. The molecular formula is C15H24N2O4S. The highest BCUT2D eigenvalue weighted by atomic mass is 32.2. The lowest BCUT2D eigenvalue weighted by Gasteiger charge is -2.29. The second-order valence-corrected chi connectivity index (χ2v) is 7.62. The summed E-state index contributed by atoms with van der Waals surface area (Å²) in [7, 11) is 0. The average molecular weight is 328 g/mol. The Labute approximate surface area is 135 Å². The second kappa shape index (κ2) is 7.35. The van der Waals surface area contributed by atoms with Gasteiger partial charge in [-0.2, -0.15) is 0 Å². The zero-order valence-corrected chi connectivity index (χ0v) is 13.8. The molecule has 22 heavy (non-hydrogen) atoms. The van der Waals surface area contributed by atoms with Crippen LogP contribution >= 0.6 is 11.8 Å². The first-order valence-electron chi connectivity index (χ1n) is 7.90. The van der Waals surface area contributed by atoms with Gasteiger partial charge in [0.25, 0.3) is 0 Å². The Morgan fingerprint density at radius 3 is 2.82 bits per heavy atom. The molecule has 2 fully saturated rings. The van der Waals surface area contributed by atoms with Gasteiger partial charge in [0.2, 0.25) is 11.8 Å². The molecule has 2 atom stereocenters. The van der Waals surface area contributed by atoms with Crippen molar-refractivity contribution in [1.82, 2.24) is 10.2 Å². The number of rotatable bonds is 8. The average Bonchev–Trinajstić information content (AvgIpc) is 2.94. The number of carbonyl (C=O) groups is 3. The molecule has 0 bridgehead atoms. The maximum Gasteiger partial charge on any atom is 0.303 e. The third-order valence-corrected chi connectivity index (χ3v) is 5.87. The summed E-state index contributed by atoms with van der Waals surface area (Å²) in [4.78, 5) is 36.2. The van der Waals surface area contributed by atoms with Crippen LogP contribution in [0.15, 0.2) is 0 Å². The maximum absolute atomic E-state index is 12.3. The Balaban J connectivity index is 1.66. The molecule has 6 nitrogen and oxygen atoms in total. The Morgan fingerprint density at radius 1 is 1.36 bits per heavy atom. The van der Waals surface area contributed by atoms with Gasteiger partial charge in [0, 0.05) is 25.1 Å². The van der Waals surface area contributed by atoms with Crippen molar-refractivity contribution in [3.63, 3.8) is 0 Å². The summed E-state index contributed by atoms with van der Waals surface area (Å²) >= 11 is 1.70. The van der Waals surface area contributed by atoms with E-state index in [0.717, 1.165) is 25.7 Å². The Hall–Kier alpha value is -1.24. The van der Waals surface area contributed by atoms with Crippen molar-refractivity contribution < 1.29 is 19.5 Å². The molecule has 0 aliphatic carbocycles. The first-order valence-corrected chi connectivity index (χ1v) is 8.88. The SMILES string of the molecule is CC12CCC(=O)N1C(C(=O)NCCCCCCC(=O)O)CS2. The molecule has 2 aliphatic rings. The lowest BCUT2D eigenvalue weighted by Crippen LogP contribution is -2.50. The number of carboxylic acid groups (broad SMARTS) is 1. The number of hydrogen-bond donors (Lipinski definition) is 2. The van der Waals surface area contributed by atoms with Crippen molar-refractivity contribution in [3.8, 4) is 0 Å². The number of carbonyl (C=O) groups excluding carboxylic acids is 2. The highest BCUT2D eigenvalue weighted by molar-refractivity contribution is 8.01. The molecule has 2 N–H and O–H groups in total. The molecule has 2 unspecified atom stereocenters. The number of aliphatic carboxylic acids is 1. The molecule has 7 heteroatoms. The number of nitrogens with one attached hydrogen (secondary N) is 1. The van der Waals surface area contributed by atoms with Crippen molar-refractivity contribution in [2.45, 2.75) is 62.8 Å². The Morgan fingerprint density at radius 2 is 2.09 bits per heavy atom. The first kappa shape index (κ1) is 17.1. The van der Waals surface area contributed by atoms with Crippen molar-refractivity contribution in [1.29, 1.82) is 0 Å². The van der Waals surface area contributed by atoms with Gasteiger partial charge in [-0.25, -0.2) is 0 Å². The summed E-state index contributed by atoms with van der Waals surface area (Å²) in [6.45, 7) is 2.63. The van der Waals surface area contributed by atoms with Crippen LogP contribution in [-0.2, 0) is 14.4 Å². The molecule has 2 aliphatic heterocycles. The minimum atomic E-state index is -0.759. The van der Waals surface area contributed by atoms with Gasteiger partial charge in [-0.05, 0) is 26.2 Å². The van der Waals surface area contributed by atoms with Gasteiger partial charge in [0.15, 0.2) is 0 Å². The summed E-state index contributed by atoms with van der Waals surface area (Å²) < 4.78 is 0.